The molecule has 6 heteroatoms. The third-order valence-electron chi connectivity index (χ3n) is 11.2. The van der Waals surface area contributed by atoms with E-state index in [1.54, 1.807) is 14.2 Å². The molecule has 270 valence electrons. The zero-order valence-corrected chi connectivity index (χ0v) is 32.2. The number of fused-ring (bicyclic) bond motifs is 6. The van der Waals surface area contributed by atoms with E-state index in [1.807, 2.05) is 50.2 Å². The first-order valence-electron chi connectivity index (χ1n) is 18.6. The number of nitriles is 2. The van der Waals surface area contributed by atoms with Gasteiger partial charge in [0.05, 0.1) is 70.9 Å². The van der Waals surface area contributed by atoms with Gasteiger partial charge in [0, 0.05) is 33.7 Å². The number of rotatable bonds is 6. The lowest BCUT2D eigenvalue weighted by Gasteiger charge is -2.22. The second-order valence-corrected chi connectivity index (χ2v) is 14.6. The van der Waals surface area contributed by atoms with Crippen LogP contribution in [-0.2, 0) is 0 Å². The van der Waals surface area contributed by atoms with E-state index in [0.717, 1.165) is 89.1 Å². The molecule has 0 saturated carbocycles. The van der Waals surface area contributed by atoms with Gasteiger partial charge in [-0.2, -0.15) is 10.5 Å². The lowest BCUT2D eigenvalue weighted by molar-refractivity contribution is 0.415. The van der Waals surface area contributed by atoms with Crippen molar-refractivity contribution < 1.29 is 9.47 Å². The van der Waals surface area contributed by atoms with Crippen molar-refractivity contribution in [3.63, 3.8) is 0 Å². The quantitative estimate of drug-likeness (QED) is 0.171. The van der Waals surface area contributed by atoms with Crippen LogP contribution in [0, 0.1) is 50.4 Å². The molecule has 0 fully saturated rings. The van der Waals surface area contributed by atoms with Crippen LogP contribution in [0.3, 0.4) is 0 Å². The highest BCUT2D eigenvalue weighted by Crippen LogP contribution is 2.45. The van der Waals surface area contributed by atoms with E-state index < -0.39 is 0 Å². The third-order valence-corrected chi connectivity index (χ3v) is 11.2. The van der Waals surface area contributed by atoms with Crippen molar-refractivity contribution in [1.82, 2.24) is 9.13 Å². The van der Waals surface area contributed by atoms with E-state index in [4.69, 9.17) is 9.47 Å². The maximum atomic E-state index is 9.89. The number of benzene rings is 7. The van der Waals surface area contributed by atoms with Crippen molar-refractivity contribution in [2.45, 2.75) is 27.7 Å². The molecule has 2 heterocycles. The van der Waals surface area contributed by atoms with Gasteiger partial charge in [-0.3, -0.25) is 0 Å². The number of ether oxygens (including phenoxy) is 2. The monoisotopic (exact) mass is 726 g/mol. The number of hydrogen-bond donors (Lipinski definition) is 0. The molecule has 7 aromatic carbocycles. The van der Waals surface area contributed by atoms with Crippen molar-refractivity contribution in [2.24, 2.45) is 0 Å². The molecule has 0 N–H and O–H groups in total. The van der Waals surface area contributed by atoms with E-state index in [-0.39, 0.29) is 0 Å². The van der Waals surface area contributed by atoms with Gasteiger partial charge in [0.2, 0.25) is 0 Å². The first kappa shape index (κ1) is 34.5. The summed E-state index contributed by atoms with van der Waals surface area (Å²) in [4.78, 5) is 0. The Kier molecular flexibility index (Phi) is 8.15. The van der Waals surface area contributed by atoms with Gasteiger partial charge in [0.25, 0.3) is 0 Å². The van der Waals surface area contributed by atoms with Crippen molar-refractivity contribution in [3.8, 4) is 57.3 Å². The van der Waals surface area contributed by atoms with Crippen molar-refractivity contribution >= 4 is 43.6 Å². The highest BCUT2D eigenvalue weighted by Gasteiger charge is 2.24. The van der Waals surface area contributed by atoms with Crippen LogP contribution in [0.2, 0.25) is 0 Å². The molecular weight excluding hydrogens is 689 g/mol. The fourth-order valence-corrected chi connectivity index (χ4v) is 8.33. The van der Waals surface area contributed by atoms with Crippen molar-refractivity contribution in [2.75, 3.05) is 14.2 Å². The molecule has 0 aliphatic rings. The first-order chi connectivity index (χ1) is 27.2. The molecule has 2 aromatic heterocycles. The van der Waals surface area contributed by atoms with Crippen LogP contribution >= 0.6 is 0 Å². The summed E-state index contributed by atoms with van der Waals surface area (Å²) in [5.41, 5.74) is 15.6. The van der Waals surface area contributed by atoms with Gasteiger partial charge in [-0.1, -0.05) is 47.5 Å². The Morgan fingerprint density at radius 1 is 0.429 bits per heavy atom. The number of hydrogen-bond acceptors (Lipinski definition) is 4. The van der Waals surface area contributed by atoms with Crippen molar-refractivity contribution in [1.29, 1.82) is 10.5 Å². The molecule has 9 rings (SSSR count). The van der Waals surface area contributed by atoms with E-state index in [2.05, 4.69) is 120 Å². The molecule has 0 radical (unpaired) electrons. The average molecular weight is 727 g/mol. The summed E-state index contributed by atoms with van der Waals surface area (Å²) in [7, 11) is 3.40. The number of methoxy groups -OCH3 is 2. The predicted molar refractivity (Wildman–Crippen MR) is 227 cm³/mol. The maximum Gasteiger partial charge on any atom is 0.120 e. The number of nitrogens with zero attached hydrogens (tertiary/aromatic N) is 4. The third kappa shape index (κ3) is 5.38. The van der Waals surface area contributed by atoms with Gasteiger partial charge >= 0.3 is 0 Å². The summed E-state index contributed by atoms with van der Waals surface area (Å²) >= 11 is 0. The summed E-state index contributed by atoms with van der Waals surface area (Å²) in [6.45, 7) is 8.25. The minimum atomic E-state index is 0.638. The summed E-state index contributed by atoms with van der Waals surface area (Å²) in [6.07, 6.45) is 0. The molecule has 0 bridgehead atoms. The van der Waals surface area contributed by atoms with Crippen LogP contribution in [0.4, 0.5) is 0 Å². The summed E-state index contributed by atoms with van der Waals surface area (Å²) in [6, 6.07) is 47.2. The van der Waals surface area contributed by atoms with E-state index in [1.165, 1.54) is 21.9 Å². The predicted octanol–water partition coefficient (Wildman–Crippen LogP) is 12.2. The summed E-state index contributed by atoms with van der Waals surface area (Å²) in [5.74, 6) is 1.51. The van der Waals surface area contributed by atoms with Gasteiger partial charge in [-0.05, 0) is 134 Å². The SMILES string of the molecule is COc1ccc2c3ccc(OC)cc3n(-c3cc(-c4ccc(C#N)c(C)c4)c(-c4ccc(C#N)c(C)c4)cc3-n3c4ccc(C)cc4c4cc(C)ccc43)c2c1. The highest BCUT2D eigenvalue weighted by atomic mass is 16.5. The van der Waals surface area contributed by atoms with Gasteiger partial charge in [0.1, 0.15) is 11.5 Å². The maximum absolute atomic E-state index is 9.89. The molecule has 6 nitrogen and oxygen atoms in total. The van der Waals surface area contributed by atoms with Gasteiger partial charge in [-0.15, -0.1) is 0 Å². The zero-order valence-electron chi connectivity index (χ0n) is 32.2. The molecule has 0 spiro atoms. The lowest BCUT2D eigenvalue weighted by atomic mass is 9.90. The molecule has 0 saturated heterocycles. The fraction of sp³-hybridized carbons (Fsp3) is 0.120. The van der Waals surface area contributed by atoms with Gasteiger partial charge < -0.3 is 18.6 Å². The second-order valence-electron chi connectivity index (χ2n) is 14.6. The van der Waals surface area contributed by atoms with E-state index in [0.29, 0.717) is 11.1 Å². The molecule has 0 aliphatic carbocycles. The Morgan fingerprint density at radius 2 is 0.857 bits per heavy atom. The fourth-order valence-electron chi connectivity index (χ4n) is 8.33. The summed E-state index contributed by atoms with van der Waals surface area (Å²) < 4.78 is 16.4. The van der Waals surface area contributed by atoms with Crippen LogP contribution in [0.15, 0.2) is 121 Å². The smallest absolute Gasteiger partial charge is 0.120 e. The van der Waals surface area contributed by atoms with Crippen LogP contribution in [0.5, 0.6) is 11.5 Å². The number of aryl methyl sites for hydroxylation is 4. The Morgan fingerprint density at radius 3 is 1.25 bits per heavy atom. The molecule has 0 amide bonds. The van der Waals surface area contributed by atoms with Crippen LogP contribution in [-0.4, -0.2) is 23.4 Å². The molecule has 9 aromatic rings. The average Bonchev–Trinajstić information content (AvgIpc) is 3.70. The molecule has 56 heavy (non-hydrogen) atoms. The normalized spacial score (nSPS) is 11.4. The Hall–Kier alpha value is -7.28. The largest absolute Gasteiger partial charge is 0.497 e. The zero-order chi connectivity index (χ0) is 38.8. The topological polar surface area (TPSA) is 75.9 Å². The van der Waals surface area contributed by atoms with E-state index in [9.17, 15) is 10.5 Å². The Labute approximate surface area is 325 Å². The Balaban J connectivity index is 1.52. The van der Waals surface area contributed by atoms with Crippen LogP contribution in [0.25, 0.3) is 77.2 Å². The molecular formula is C50H38N4O2. The van der Waals surface area contributed by atoms with Crippen LogP contribution < -0.4 is 9.47 Å². The van der Waals surface area contributed by atoms with Gasteiger partial charge in [0.15, 0.2) is 0 Å². The number of aromatic nitrogens is 2. The standard InChI is InChI=1S/C50H38N4O2/c1-29-7-17-45-43(19-29)44-20-30(2)8-18-46(44)53(45)49-25-41(33-9-11-35(27-51)31(3)21-33)42(34-10-12-36(28-52)32(4)22-34)26-50(49)54-47-23-37(55-5)13-15-39(47)40-16-14-38(56-6)24-48(40)54/h7-26H,1-6H3. The van der Waals surface area contributed by atoms with E-state index >= 15 is 0 Å². The summed E-state index contributed by atoms with van der Waals surface area (Å²) in [5, 5.41) is 24.3. The minimum absolute atomic E-state index is 0.638. The Bertz CT molecular complexity index is 3060. The molecule has 0 atom stereocenters. The lowest BCUT2D eigenvalue weighted by Crippen LogP contribution is -2.06. The highest BCUT2D eigenvalue weighted by molar-refractivity contribution is 6.12. The molecule has 0 unspecified atom stereocenters. The minimum Gasteiger partial charge on any atom is -0.497 e. The molecule has 0 aliphatic heterocycles. The van der Waals surface area contributed by atoms with Gasteiger partial charge in [-0.25, -0.2) is 0 Å². The van der Waals surface area contributed by atoms with Crippen LogP contribution in [0.1, 0.15) is 33.4 Å². The second kappa shape index (κ2) is 13.2. The first-order valence-corrected chi connectivity index (χ1v) is 18.6. The van der Waals surface area contributed by atoms with Crippen molar-refractivity contribution in [3.05, 3.63) is 155 Å².